The molecule has 1 saturated heterocycles. The Bertz CT molecular complexity index is 668. The number of halogens is 1. The molecule has 135 valence electrons. The number of esters is 1. The molecule has 1 aliphatic heterocycles. The van der Waals surface area contributed by atoms with E-state index in [4.69, 9.17) is 4.74 Å². The summed E-state index contributed by atoms with van der Waals surface area (Å²) < 4.78 is 5.58. The third-order valence-corrected chi connectivity index (χ3v) is 4.81. The maximum Gasteiger partial charge on any atom is 0.324 e. The van der Waals surface area contributed by atoms with Crippen LogP contribution >= 0.6 is 0 Å². The second-order valence-corrected chi connectivity index (χ2v) is 6.41. The van der Waals surface area contributed by atoms with E-state index >= 15 is 0 Å². The van der Waals surface area contributed by atoms with Gasteiger partial charge in [0.05, 0.1) is 0 Å². The van der Waals surface area contributed by atoms with Crippen LogP contribution < -0.4 is 17.0 Å². The number of hydrogen-bond donors (Lipinski definition) is 0. The van der Waals surface area contributed by atoms with Gasteiger partial charge in [0.1, 0.15) is 12.6 Å². The third kappa shape index (κ3) is 5.48. The molecular formula is C21H24BrNO2Zn-. The van der Waals surface area contributed by atoms with Crippen LogP contribution in [0.5, 0.6) is 0 Å². The molecule has 26 heavy (non-hydrogen) atoms. The predicted molar refractivity (Wildman–Crippen MR) is 95.1 cm³/mol. The Labute approximate surface area is 179 Å². The van der Waals surface area contributed by atoms with Crippen molar-refractivity contribution in [3.8, 4) is 0 Å². The van der Waals surface area contributed by atoms with Crippen LogP contribution in [0.4, 0.5) is 0 Å². The molecule has 0 N–H and O–H groups in total. The molecule has 0 saturated carbocycles. The minimum absolute atomic E-state index is 0. The molecule has 0 unspecified atom stereocenters. The van der Waals surface area contributed by atoms with Gasteiger partial charge < -0.3 is 21.7 Å². The fourth-order valence-electron chi connectivity index (χ4n) is 3.38. The van der Waals surface area contributed by atoms with Gasteiger partial charge in [0.15, 0.2) is 0 Å². The summed E-state index contributed by atoms with van der Waals surface area (Å²) in [7, 11) is 0. The Balaban J connectivity index is 0.00000169. The molecule has 1 radical (unpaired) electrons. The average Bonchev–Trinajstić information content (AvgIpc) is 3.02. The molecule has 0 spiro atoms. The summed E-state index contributed by atoms with van der Waals surface area (Å²) in [5.74, 6) is -0.0985. The van der Waals surface area contributed by atoms with Gasteiger partial charge in [-0.05, 0) is 43.9 Å². The van der Waals surface area contributed by atoms with Crippen molar-refractivity contribution in [2.45, 2.75) is 32.0 Å². The summed E-state index contributed by atoms with van der Waals surface area (Å²) in [5, 5.41) is 0. The number of nitrogens with zero attached hydrogens (tertiary/aromatic N) is 1. The van der Waals surface area contributed by atoms with E-state index in [-0.39, 0.29) is 60.4 Å². The molecule has 3 rings (SSSR count). The number of benzene rings is 2. The first-order chi connectivity index (χ1) is 11.7. The molecule has 0 bridgehead atoms. The molecule has 1 aliphatic rings. The maximum atomic E-state index is 12.7. The van der Waals surface area contributed by atoms with E-state index in [9.17, 15) is 4.79 Å². The van der Waals surface area contributed by atoms with Crippen LogP contribution in [-0.2, 0) is 35.6 Å². The number of carbonyl (C=O) groups excluding carboxylic acids is 1. The number of hydrogen-bond acceptors (Lipinski definition) is 3. The van der Waals surface area contributed by atoms with Crippen molar-refractivity contribution in [3.05, 3.63) is 78.7 Å². The molecule has 0 amide bonds. The van der Waals surface area contributed by atoms with Crippen LogP contribution in [-0.4, -0.2) is 23.5 Å². The third-order valence-electron chi connectivity index (χ3n) is 4.81. The number of carbonyl (C=O) groups is 1. The minimum atomic E-state index is -0.274. The molecule has 3 atom stereocenters. The summed E-state index contributed by atoms with van der Waals surface area (Å²) in [5.41, 5.74) is 2.22. The zero-order chi connectivity index (χ0) is 16.9. The molecule has 1 heterocycles. The average molecular weight is 468 g/mol. The summed E-state index contributed by atoms with van der Waals surface area (Å²) >= 11 is 0. The zero-order valence-electron chi connectivity index (χ0n) is 15.2. The maximum absolute atomic E-state index is 12.7. The van der Waals surface area contributed by atoms with Crippen LogP contribution in [0.3, 0.4) is 0 Å². The van der Waals surface area contributed by atoms with E-state index < -0.39 is 0 Å². The van der Waals surface area contributed by atoms with E-state index in [0.29, 0.717) is 6.61 Å². The molecule has 1 fully saturated rings. The van der Waals surface area contributed by atoms with Crippen molar-refractivity contribution in [2.24, 2.45) is 5.92 Å². The van der Waals surface area contributed by atoms with Gasteiger partial charge in [0.25, 0.3) is 0 Å². The monoisotopic (exact) mass is 465 g/mol. The van der Waals surface area contributed by atoms with Gasteiger partial charge in [-0.1, -0.05) is 60.7 Å². The summed E-state index contributed by atoms with van der Waals surface area (Å²) in [6.45, 7) is 7.51. The van der Waals surface area contributed by atoms with Crippen molar-refractivity contribution in [3.63, 3.8) is 0 Å². The van der Waals surface area contributed by atoms with Gasteiger partial charge in [-0.3, -0.25) is 9.69 Å². The van der Waals surface area contributed by atoms with Crippen molar-refractivity contribution >= 4 is 5.97 Å². The van der Waals surface area contributed by atoms with Crippen LogP contribution in [0.1, 0.15) is 30.5 Å². The summed E-state index contributed by atoms with van der Waals surface area (Å²) in [6.07, 6.45) is 0.919. The molecule has 3 nitrogen and oxygen atoms in total. The smallest absolute Gasteiger partial charge is 0.324 e. The van der Waals surface area contributed by atoms with E-state index in [2.05, 4.69) is 30.9 Å². The van der Waals surface area contributed by atoms with Gasteiger partial charge in [-0.25, -0.2) is 0 Å². The molecule has 2 aromatic carbocycles. The van der Waals surface area contributed by atoms with Crippen molar-refractivity contribution in [2.75, 3.05) is 6.54 Å². The van der Waals surface area contributed by atoms with Crippen molar-refractivity contribution < 1.29 is 46.0 Å². The Morgan fingerprint density at radius 1 is 1.15 bits per heavy atom. The Morgan fingerprint density at radius 2 is 1.73 bits per heavy atom. The van der Waals surface area contributed by atoms with E-state index in [0.717, 1.165) is 18.5 Å². The van der Waals surface area contributed by atoms with Gasteiger partial charge >= 0.3 is 5.97 Å². The molecule has 5 heteroatoms. The molecule has 0 aromatic heterocycles. The van der Waals surface area contributed by atoms with Crippen molar-refractivity contribution in [1.82, 2.24) is 4.90 Å². The topological polar surface area (TPSA) is 29.5 Å². The first kappa shape index (κ1) is 23.0. The Hall–Kier alpha value is -1.03. The van der Waals surface area contributed by atoms with Gasteiger partial charge in [0, 0.05) is 25.5 Å². The second-order valence-electron chi connectivity index (χ2n) is 6.41. The van der Waals surface area contributed by atoms with Crippen LogP contribution in [0.15, 0.2) is 60.7 Å². The van der Waals surface area contributed by atoms with Crippen molar-refractivity contribution in [1.29, 1.82) is 0 Å². The Morgan fingerprint density at radius 3 is 2.35 bits per heavy atom. The largest absolute Gasteiger partial charge is 1.00 e. The van der Waals surface area contributed by atoms with Crippen LogP contribution in [0.25, 0.3) is 0 Å². The van der Waals surface area contributed by atoms with Crippen LogP contribution in [0, 0.1) is 12.8 Å². The fourth-order valence-corrected chi connectivity index (χ4v) is 3.38. The molecule has 2 aromatic rings. The number of likely N-dealkylation sites (tertiary alicyclic amines) is 1. The molecule has 0 aliphatic carbocycles. The minimum Gasteiger partial charge on any atom is -1.00 e. The van der Waals surface area contributed by atoms with E-state index in [1.165, 1.54) is 5.56 Å². The number of rotatable bonds is 5. The first-order valence-electron chi connectivity index (χ1n) is 8.51. The quantitative estimate of drug-likeness (QED) is 0.486. The summed E-state index contributed by atoms with van der Waals surface area (Å²) in [6, 6.07) is 20.0. The normalized spacial score (nSPS) is 20.5. The second kappa shape index (κ2) is 11.0. The van der Waals surface area contributed by atoms with Crippen LogP contribution in [0.2, 0.25) is 0 Å². The molecular weight excluding hydrogens is 444 g/mol. The SMILES string of the molecule is [Br-].[CH2][C@@H]1CCN([C@@H](C)c2ccccc2)[C@@H]1C(=O)OCc1ccccc1.[Zn]. The van der Waals surface area contributed by atoms with Gasteiger partial charge in [0.2, 0.25) is 0 Å². The Kier molecular flexibility index (Phi) is 9.70. The van der Waals surface area contributed by atoms with Gasteiger partial charge in [-0.15, -0.1) is 0 Å². The number of ether oxygens (including phenoxy) is 1. The van der Waals surface area contributed by atoms with E-state index in [1.54, 1.807) is 0 Å². The predicted octanol–water partition coefficient (Wildman–Crippen LogP) is 1.02. The van der Waals surface area contributed by atoms with Gasteiger partial charge in [-0.2, -0.15) is 0 Å². The van der Waals surface area contributed by atoms with E-state index in [1.807, 2.05) is 48.5 Å². The standard InChI is InChI=1S/C21H24NO2.BrH.Zn/c1-16-13-14-22(17(2)19-11-7-4-8-12-19)20(16)21(23)24-15-18-9-5-3-6-10-18;;/h3-12,16-17,20H,1,13-15H2,2H3;1H;/p-1/t16-,17+,20+;;/m1../s1. The fraction of sp³-hybridized carbons (Fsp3) is 0.333. The first-order valence-corrected chi connectivity index (χ1v) is 8.51. The summed E-state index contributed by atoms with van der Waals surface area (Å²) in [4.78, 5) is 14.9. The zero-order valence-corrected chi connectivity index (χ0v) is 19.7.